The van der Waals surface area contributed by atoms with Crippen molar-refractivity contribution >= 4 is 16.2 Å². The first-order valence-corrected chi connectivity index (χ1v) is 12.4. The zero-order chi connectivity index (χ0) is 12.0. The van der Waals surface area contributed by atoms with E-state index >= 15 is 0 Å². The van der Waals surface area contributed by atoms with Crippen molar-refractivity contribution in [3.63, 3.8) is 0 Å². The van der Waals surface area contributed by atoms with Crippen LogP contribution in [0.5, 0.6) is 0 Å². The van der Waals surface area contributed by atoms with E-state index in [4.69, 9.17) is 0 Å². The van der Waals surface area contributed by atoms with Crippen molar-refractivity contribution in [2.75, 3.05) is 19.6 Å². The van der Waals surface area contributed by atoms with E-state index in [2.05, 4.69) is 32.6 Å². The van der Waals surface area contributed by atoms with E-state index in [1.807, 2.05) is 0 Å². The molecule has 1 heterocycles. The van der Waals surface area contributed by atoms with E-state index in [1.54, 1.807) is 14.9 Å². The Bertz CT molecular complexity index is 152. The van der Waals surface area contributed by atoms with Crippen molar-refractivity contribution in [3.8, 4) is 0 Å². The van der Waals surface area contributed by atoms with Gasteiger partial charge < -0.3 is 0 Å². The molecule has 0 spiro atoms. The summed E-state index contributed by atoms with van der Waals surface area (Å²) in [6, 6.07) is 0. The van der Waals surface area contributed by atoms with Crippen LogP contribution < -0.4 is 0 Å². The summed E-state index contributed by atoms with van der Waals surface area (Å²) in [5.74, 6) is 1.81. The van der Waals surface area contributed by atoms with Crippen molar-refractivity contribution in [1.82, 2.24) is 4.90 Å². The van der Waals surface area contributed by atoms with Gasteiger partial charge in [-0.3, -0.25) is 0 Å². The average molecular weight is 282 g/mol. The molecule has 0 radical (unpaired) electrons. The molecule has 1 fully saturated rings. The number of nitrogens with zero attached hydrogens (tertiary/aromatic N) is 1. The molecular weight excluding hydrogens is 252 g/mol. The monoisotopic (exact) mass is 281 g/mol. The Labute approximate surface area is 108 Å². The predicted octanol–water partition coefficient (Wildman–Crippen LogP) is 3.89. The Morgan fingerprint density at radius 3 is 1.94 bits per heavy atom. The Kier molecular flexibility index (Phi) is 7.18. The van der Waals surface area contributed by atoms with Gasteiger partial charge in [-0.05, 0) is 0 Å². The van der Waals surface area contributed by atoms with Gasteiger partial charge in [-0.15, -0.1) is 0 Å². The van der Waals surface area contributed by atoms with Crippen molar-refractivity contribution in [1.29, 1.82) is 0 Å². The summed E-state index contributed by atoms with van der Waals surface area (Å²) in [6.07, 6.45) is 3.01. The van der Waals surface area contributed by atoms with Gasteiger partial charge in [0.2, 0.25) is 0 Å². The van der Waals surface area contributed by atoms with E-state index in [1.165, 1.54) is 32.5 Å². The second-order valence-corrected chi connectivity index (χ2v) is 13.5. The Hall–Kier alpha value is 0.596. The fourth-order valence-electron chi connectivity index (χ4n) is 3.06. The van der Waals surface area contributed by atoms with Crippen LogP contribution in [-0.4, -0.2) is 40.8 Å². The molecule has 0 aliphatic carbocycles. The van der Waals surface area contributed by atoms with Crippen LogP contribution in [0.25, 0.3) is 0 Å². The predicted molar refractivity (Wildman–Crippen MR) is 75.5 cm³/mol. The molecule has 0 aromatic heterocycles. The minimum absolute atomic E-state index is 0.825. The summed E-state index contributed by atoms with van der Waals surface area (Å²) in [5, 5.41) is 0. The zero-order valence-electron chi connectivity index (χ0n) is 11.8. The third kappa shape index (κ3) is 6.36. The molecule has 1 aliphatic rings. The fourth-order valence-corrected chi connectivity index (χ4v) is 10.6. The van der Waals surface area contributed by atoms with Crippen LogP contribution in [-0.2, 0) is 0 Å². The first-order chi connectivity index (χ1) is 7.58. The molecule has 0 atom stereocenters. The van der Waals surface area contributed by atoms with Gasteiger partial charge in [0.05, 0.1) is 0 Å². The van der Waals surface area contributed by atoms with Gasteiger partial charge in [0.25, 0.3) is 0 Å². The first kappa shape index (κ1) is 14.7. The molecule has 0 aromatic carbocycles. The van der Waals surface area contributed by atoms with Crippen LogP contribution in [0.1, 0.15) is 40.5 Å². The van der Waals surface area contributed by atoms with E-state index in [-0.39, 0.29) is 0 Å². The Balaban J connectivity index is 2.26. The number of rotatable bonds is 4. The van der Waals surface area contributed by atoms with Gasteiger partial charge >= 0.3 is 108 Å². The van der Waals surface area contributed by atoms with Crippen molar-refractivity contribution in [2.24, 2.45) is 11.8 Å². The zero-order valence-corrected chi connectivity index (χ0v) is 14.3. The number of hydrogen-bond donors (Lipinski definition) is 0. The Morgan fingerprint density at radius 2 is 1.50 bits per heavy atom. The molecule has 0 N–H and O–H groups in total. The summed E-state index contributed by atoms with van der Waals surface area (Å²) < 4.78 is 0. The topological polar surface area (TPSA) is 3.24 Å². The van der Waals surface area contributed by atoms with Crippen molar-refractivity contribution in [2.45, 2.75) is 55.5 Å². The van der Waals surface area contributed by atoms with Gasteiger partial charge in [-0.1, -0.05) is 0 Å². The second-order valence-electron chi connectivity index (χ2n) is 6.47. The first-order valence-electron chi connectivity index (χ1n) is 7.30. The van der Waals surface area contributed by atoms with Gasteiger partial charge in [-0.2, -0.15) is 0 Å². The van der Waals surface area contributed by atoms with Gasteiger partial charge in [-0.25, -0.2) is 0 Å². The Morgan fingerprint density at radius 1 is 0.938 bits per heavy atom. The van der Waals surface area contributed by atoms with Crippen LogP contribution in [0.3, 0.4) is 0 Å². The van der Waals surface area contributed by atoms with E-state index in [0.29, 0.717) is 0 Å². The standard InChI is InChI=1S/C10H21N.C4H9.Ga/c1-5-7-11(8-6-2)9-10(3)4;1-4(2)3;/h10H,1-2,5-9H2,3-4H3;4H,1H2,2-3H3;. The van der Waals surface area contributed by atoms with Crippen LogP contribution >= 0.6 is 0 Å². The molecule has 1 saturated heterocycles. The van der Waals surface area contributed by atoms with Crippen LogP contribution in [0.15, 0.2) is 0 Å². The normalized spacial score (nSPS) is 20.2. The third-order valence-corrected chi connectivity index (χ3v) is 12.1. The molecule has 0 bridgehead atoms. The molecule has 0 saturated carbocycles. The fraction of sp³-hybridized carbons (Fsp3) is 1.00. The summed E-state index contributed by atoms with van der Waals surface area (Å²) in [4.78, 5) is 7.65. The van der Waals surface area contributed by atoms with Crippen LogP contribution in [0.2, 0.25) is 14.9 Å². The van der Waals surface area contributed by atoms with Crippen LogP contribution in [0.4, 0.5) is 0 Å². The van der Waals surface area contributed by atoms with Gasteiger partial charge in [0, 0.05) is 0 Å². The van der Waals surface area contributed by atoms with Crippen LogP contribution in [0, 0.1) is 11.8 Å². The summed E-state index contributed by atoms with van der Waals surface area (Å²) in [6.45, 7) is 13.6. The summed E-state index contributed by atoms with van der Waals surface area (Å²) in [5.41, 5.74) is 0. The van der Waals surface area contributed by atoms with Gasteiger partial charge in [0.15, 0.2) is 0 Å². The van der Waals surface area contributed by atoms with E-state index < -0.39 is 16.2 Å². The molecule has 0 unspecified atom stereocenters. The molecule has 94 valence electrons. The van der Waals surface area contributed by atoms with E-state index in [9.17, 15) is 0 Å². The van der Waals surface area contributed by atoms with Crippen molar-refractivity contribution in [3.05, 3.63) is 0 Å². The molecule has 0 aromatic rings. The van der Waals surface area contributed by atoms with Gasteiger partial charge in [0.1, 0.15) is 0 Å². The molecule has 1 aliphatic heterocycles. The molecule has 1 rings (SSSR count). The maximum absolute atomic E-state index is 2.71. The minimum atomic E-state index is -0.825. The quantitative estimate of drug-likeness (QED) is 0.707. The molecular formula is C14H30GaN. The molecule has 16 heavy (non-hydrogen) atoms. The van der Waals surface area contributed by atoms with E-state index in [0.717, 1.165) is 11.8 Å². The molecule has 0 amide bonds. The SMILES string of the molecule is CC(C)CN1CC[CH2][Ga]([CH2]C(C)C)[CH2]CC1. The third-order valence-electron chi connectivity index (χ3n) is 3.60. The summed E-state index contributed by atoms with van der Waals surface area (Å²) in [7, 11) is 0. The van der Waals surface area contributed by atoms with Crippen molar-refractivity contribution < 1.29 is 0 Å². The number of hydrogen-bond acceptors (Lipinski definition) is 1. The average Bonchev–Trinajstić information content (AvgIpc) is 2.11. The molecule has 1 nitrogen and oxygen atoms in total. The molecule has 2 heteroatoms. The second kappa shape index (κ2) is 7.83. The maximum atomic E-state index is 2.71. The summed E-state index contributed by atoms with van der Waals surface area (Å²) >= 11 is -0.825.